The standard InChI is InChI=1S/C18H20N2S2/c1-18(2,3)11-6-7-14-12(9-11)16(15-5-4-8-22-15)13(10-19)17(21)20-14/h4-5,8,11H,6-7,9H2,1-3H3,(H,20,21)/t11-/m0/s1. The number of fused-ring (bicyclic) bond motifs is 1. The van der Waals surface area contributed by atoms with Crippen LogP contribution in [0.2, 0.25) is 0 Å². The molecule has 3 rings (SSSR count). The molecule has 0 spiro atoms. The van der Waals surface area contributed by atoms with E-state index < -0.39 is 0 Å². The maximum absolute atomic E-state index is 9.59. The number of aryl methyl sites for hydroxylation is 1. The Labute approximate surface area is 140 Å². The minimum Gasteiger partial charge on any atom is -0.349 e. The second-order valence-electron chi connectivity index (χ2n) is 7.06. The molecule has 1 atom stereocenters. The molecule has 0 unspecified atom stereocenters. The van der Waals surface area contributed by atoms with Crippen molar-refractivity contribution in [3.63, 3.8) is 0 Å². The summed E-state index contributed by atoms with van der Waals surface area (Å²) >= 11 is 7.11. The average Bonchev–Trinajstić information content (AvgIpc) is 2.98. The lowest BCUT2D eigenvalue weighted by molar-refractivity contribution is 0.215. The van der Waals surface area contributed by atoms with Crippen LogP contribution >= 0.6 is 23.6 Å². The Kier molecular flexibility index (Phi) is 3.96. The molecule has 0 fully saturated rings. The smallest absolute Gasteiger partial charge is 0.122 e. The van der Waals surface area contributed by atoms with Crippen molar-refractivity contribution in [3.8, 4) is 16.5 Å². The van der Waals surface area contributed by atoms with Crippen LogP contribution in [0.5, 0.6) is 0 Å². The summed E-state index contributed by atoms with van der Waals surface area (Å²) in [6, 6.07) is 6.46. The van der Waals surface area contributed by atoms with E-state index in [2.05, 4.69) is 43.3 Å². The van der Waals surface area contributed by atoms with Crippen LogP contribution < -0.4 is 0 Å². The molecule has 2 heterocycles. The molecule has 0 aliphatic heterocycles. The lowest BCUT2D eigenvalue weighted by atomic mass is 9.70. The van der Waals surface area contributed by atoms with Crippen molar-refractivity contribution in [1.29, 1.82) is 5.26 Å². The zero-order valence-electron chi connectivity index (χ0n) is 13.2. The van der Waals surface area contributed by atoms with Gasteiger partial charge in [-0.2, -0.15) is 5.26 Å². The molecule has 0 amide bonds. The van der Waals surface area contributed by atoms with Crippen LogP contribution in [0.1, 0.15) is 44.0 Å². The molecular formula is C18H20N2S2. The fourth-order valence-electron chi connectivity index (χ4n) is 3.33. The largest absolute Gasteiger partial charge is 0.349 e. The Balaban J connectivity index is 2.23. The molecule has 0 aromatic carbocycles. The zero-order chi connectivity index (χ0) is 15.9. The first kappa shape index (κ1) is 15.5. The van der Waals surface area contributed by atoms with Gasteiger partial charge in [0, 0.05) is 16.1 Å². The van der Waals surface area contributed by atoms with Gasteiger partial charge in [-0.3, -0.25) is 0 Å². The molecule has 114 valence electrons. The minimum atomic E-state index is 0.282. The normalized spacial score (nSPS) is 17.8. The van der Waals surface area contributed by atoms with Crippen LogP contribution in [0.25, 0.3) is 10.4 Å². The van der Waals surface area contributed by atoms with Gasteiger partial charge < -0.3 is 4.98 Å². The highest BCUT2D eigenvalue weighted by atomic mass is 32.1. The molecule has 2 aromatic rings. The summed E-state index contributed by atoms with van der Waals surface area (Å²) in [7, 11) is 0. The lowest BCUT2D eigenvalue weighted by Crippen LogP contribution is -2.28. The maximum Gasteiger partial charge on any atom is 0.122 e. The summed E-state index contributed by atoms with van der Waals surface area (Å²) in [5.74, 6) is 0.634. The molecular weight excluding hydrogens is 308 g/mol. The summed E-state index contributed by atoms with van der Waals surface area (Å²) in [5.41, 5.74) is 4.52. The molecule has 0 saturated carbocycles. The van der Waals surface area contributed by atoms with Crippen molar-refractivity contribution in [2.24, 2.45) is 11.3 Å². The van der Waals surface area contributed by atoms with Gasteiger partial charge in [-0.15, -0.1) is 11.3 Å². The summed E-state index contributed by atoms with van der Waals surface area (Å²) in [5, 5.41) is 11.7. The zero-order valence-corrected chi connectivity index (χ0v) is 14.8. The van der Waals surface area contributed by atoms with Gasteiger partial charge in [0.25, 0.3) is 0 Å². The number of nitriles is 1. The summed E-state index contributed by atoms with van der Waals surface area (Å²) in [6.45, 7) is 6.93. The minimum absolute atomic E-state index is 0.282. The molecule has 2 nitrogen and oxygen atoms in total. The first-order valence-electron chi connectivity index (χ1n) is 7.64. The van der Waals surface area contributed by atoms with Gasteiger partial charge in [0.1, 0.15) is 10.7 Å². The van der Waals surface area contributed by atoms with E-state index in [4.69, 9.17) is 12.2 Å². The van der Waals surface area contributed by atoms with E-state index in [9.17, 15) is 5.26 Å². The molecule has 0 radical (unpaired) electrons. The Bertz CT molecular complexity index is 786. The topological polar surface area (TPSA) is 39.6 Å². The number of pyridine rings is 1. The monoisotopic (exact) mass is 328 g/mol. The number of thiophene rings is 1. The Morgan fingerprint density at radius 1 is 1.41 bits per heavy atom. The van der Waals surface area contributed by atoms with Crippen molar-refractivity contribution in [3.05, 3.63) is 39.0 Å². The third-order valence-electron chi connectivity index (χ3n) is 4.70. The highest BCUT2D eigenvalue weighted by Crippen LogP contribution is 2.42. The number of rotatable bonds is 1. The van der Waals surface area contributed by atoms with Gasteiger partial charge in [0.15, 0.2) is 0 Å². The van der Waals surface area contributed by atoms with Crippen molar-refractivity contribution in [2.75, 3.05) is 0 Å². The molecule has 2 aromatic heterocycles. The van der Waals surface area contributed by atoms with Gasteiger partial charge in [0.05, 0.1) is 5.56 Å². The second kappa shape index (κ2) is 5.64. The third-order valence-corrected chi connectivity index (χ3v) is 5.90. The lowest BCUT2D eigenvalue weighted by Gasteiger charge is -2.35. The van der Waals surface area contributed by atoms with Crippen LogP contribution in [-0.4, -0.2) is 4.98 Å². The van der Waals surface area contributed by atoms with Crippen LogP contribution in [0.15, 0.2) is 17.5 Å². The SMILES string of the molecule is CC(C)(C)[C@H]1CCc2[nH]c(=S)c(C#N)c(-c3cccs3)c2C1. The third kappa shape index (κ3) is 2.64. The van der Waals surface area contributed by atoms with E-state index in [1.54, 1.807) is 11.3 Å². The maximum atomic E-state index is 9.59. The fourth-order valence-corrected chi connectivity index (χ4v) is 4.41. The Hall–Kier alpha value is -1.44. The van der Waals surface area contributed by atoms with Crippen molar-refractivity contribution >= 4 is 23.6 Å². The highest BCUT2D eigenvalue weighted by Gasteiger charge is 2.31. The molecule has 0 bridgehead atoms. The number of aromatic nitrogens is 1. The van der Waals surface area contributed by atoms with E-state index in [1.165, 1.54) is 17.7 Å². The van der Waals surface area contributed by atoms with Crippen molar-refractivity contribution < 1.29 is 0 Å². The van der Waals surface area contributed by atoms with Gasteiger partial charge in [-0.05, 0) is 47.6 Å². The molecule has 1 N–H and O–H groups in total. The predicted molar refractivity (Wildman–Crippen MR) is 94.6 cm³/mol. The van der Waals surface area contributed by atoms with Gasteiger partial charge in [-0.1, -0.05) is 39.1 Å². The molecule has 0 saturated heterocycles. The number of H-pyrrole nitrogens is 1. The number of nitrogens with zero attached hydrogens (tertiary/aromatic N) is 1. The van der Waals surface area contributed by atoms with Gasteiger partial charge in [0.2, 0.25) is 0 Å². The van der Waals surface area contributed by atoms with Crippen molar-refractivity contribution in [2.45, 2.75) is 40.0 Å². The molecule has 1 aliphatic rings. The summed E-state index contributed by atoms with van der Waals surface area (Å²) in [6.07, 6.45) is 3.22. The van der Waals surface area contributed by atoms with Gasteiger partial charge in [-0.25, -0.2) is 0 Å². The van der Waals surface area contributed by atoms with E-state index in [0.717, 1.165) is 23.3 Å². The van der Waals surface area contributed by atoms with Gasteiger partial charge >= 0.3 is 0 Å². The number of nitrogens with one attached hydrogen (secondary N) is 1. The predicted octanol–water partition coefficient (Wildman–Crippen LogP) is 5.50. The number of hydrogen-bond donors (Lipinski definition) is 1. The van der Waals surface area contributed by atoms with Crippen LogP contribution in [0.3, 0.4) is 0 Å². The highest BCUT2D eigenvalue weighted by molar-refractivity contribution is 7.71. The van der Waals surface area contributed by atoms with E-state index in [1.807, 2.05) is 6.07 Å². The van der Waals surface area contributed by atoms with E-state index in [0.29, 0.717) is 16.1 Å². The number of hydrogen-bond acceptors (Lipinski definition) is 3. The summed E-state index contributed by atoms with van der Waals surface area (Å²) < 4.78 is 0.582. The number of aromatic amines is 1. The Morgan fingerprint density at radius 3 is 2.77 bits per heavy atom. The molecule has 22 heavy (non-hydrogen) atoms. The first-order chi connectivity index (χ1) is 10.4. The van der Waals surface area contributed by atoms with Crippen LogP contribution in [0, 0.1) is 27.3 Å². The summed E-state index contributed by atoms with van der Waals surface area (Å²) in [4.78, 5) is 4.47. The average molecular weight is 329 g/mol. The second-order valence-corrected chi connectivity index (χ2v) is 8.41. The first-order valence-corrected chi connectivity index (χ1v) is 8.92. The Morgan fingerprint density at radius 2 is 2.18 bits per heavy atom. The van der Waals surface area contributed by atoms with Crippen LogP contribution in [0.4, 0.5) is 0 Å². The van der Waals surface area contributed by atoms with Crippen molar-refractivity contribution in [1.82, 2.24) is 4.98 Å². The van der Waals surface area contributed by atoms with Crippen LogP contribution in [-0.2, 0) is 12.8 Å². The van der Waals surface area contributed by atoms with E-state index in [-0.39, 0.29) is 5.41 Å². The fraction of sp³-hybridized carbons (Fsp3) is 0.444. The molecule has 4 heteroatoms. The quantitative estimate of drug-likeness (QED) is 0.703. The molecule has 1 aliphatic carbocycles. The van der Waals surface area contributed by atoms with E-state index >= 15 is 0 Å².